The van der Waals surface area contributed by atoms with Gasteiger partial charge in [-0.05, 0) is 24.6 Å². The Balaban J connectivity index is 2.87. The lowest BCUT2D eigenvalue weighted by Crippen LogP contribution is -2.37. The zero-order valence-corrected chi connectivity index (χ0v) is 14.6. The van der Waals surface area contributed by atoms with E-state index in [0.717, 1.165) is 6.07 Å². The van der Waals surface area contributed by atoms with Crippen LogP contribution in [0.15, 0.2) is 23.1 Å². The van der Waals surface area contributed by atoms with E-state index in [1.54, 1.807) is 19.1 Å². The van der Waals surface area contributed by atoms with E-state index in [0.29, 0.717) is 6.42 Å². The summed E-state index contributed by atoms with van der Waals surface area (Å²) in [6.07, 6.45) is -1.05. The van der Waals surface area contributed by atoms with Crippen LogP contribution in [0.1, 0.15) is 24.5 Å². The summed E-state index contributed by atoms with van der Waals surface area (Å²) in [5.74, 6) is -0.827. The topological polar surface area (TPSA) is 148 Å². The number of benzene rings is 1. The zero-order valence-electron chi connectivity index (χ0n) is 12.9. The van der Waals surface area contributed by atoms with Crippen LogP contribution in [0.5, 0.6) is 0 Å². The Morgan fingerprint density at radius 3 is 2.33 bits per heavy atom. The van der Waals surface area contributed by atoms with E-state index in [1.165, 1.54) is 12.1 Å². The van der Waals surface area contributed by atoms with Gasteiger partial charge in [0.15, 0.2) is 9.84 Å². The summed E-state index contributed by atoms with van der Waals surface area (Å²) in [7, 11) is -7.49. The van der Waals surface area contributed by atoms with Gasteiger partial charge in [0.05, 0.1) is 33.6 Å². The third-order valence-electron chi connectivity index (χ3n) is 3.01. The number of nitrogens with zero attached hydrogens (tertiary/aromatic N) is 2. The van der Waals surface area contributed by atoms with E-state index in [4.69, 9.17) is 10.5 Å². The first-order valence-electron chi connectivity index (χ1n) is 6.97. The predicted octanol–water partition coefficient (Wildman–Crippen LogP) is -0.106. The molecule has 24 heavy (non-hydrogen) atoms. The van der Waals surface area contributed by atoms with Gasteiger partial charge in [-0.1, -0.05) is 6.92 Å². The summed E-state index contributed by atoms with van der Waals surface area (Å²) >= 11 is 0. The van der Waals surface area contributed by atoms with Crippen molar-refractivity contribution in [3.05, 3.63) is 29.3 Å². The van der Waals surface area contributed by atoms with E-state index >= 15 is 0 Å². The molecule has 0 saturated heterocycles. The fourth-order valence-electron chi connectivity index (χ4n) is 1.88. The molecule has 1 unspecified atom stereocenters. The number of rotatable bonds is 8. The average molecular weight is 371 g/mol. The number of hydrogen-bond donors (Lipinski definition) is 2. The van der Waals surface area contributed by atoms with Crippen molar-refractivity contribution >= 4 is 19.9 Å². The highest BCUT2D eigenvalue weighted by Gasteiger charge is 2.22. The van der Waals surface area contributed by atoms with Gasteiger partial charge in [-0.2, -0.15) is 10.5 Å². The van der Waals surface area contributed by atoms with Crippen molar-refractivity contribution in [3.8, 4) is 12.1 Å². The number of sulfone groups is 1. The van der Waals surface area contributed by atoms with Crippen LogP contribution in [0, 0.1) is 22.7 Å². The summed E-state index contributed by atoms with van der Waals surface area (Å²) in [6.45, 7) is 1.25. The lowest BCUT2D eigenvalue weighted by Gasteiger charge is -2.13. The molecule has 1 aromatic rings. The number of aliphatic hydroxyl groups excluding tert-OH is 1. The van der Waals surface area contributed by atoms with Crippen LogP contribution in [-0.4, -0.2) is 46.1 Å². The number of nitriles is 2. The predicted molar refractivity (Wildman–Crippen MR) is 86.0 cm³/mol. The van der Waals surface area contributed by atoms with Gasteiger partial charge in [0, 0.05) is 6.54 Å². The molecule has 8 nitrogen and oxygen atoms in total. The highest BCUT2D eigenvalue weighted by Crippen LogP contribution is 2.17. The minimum absolute atomic E-state index is 0.0457. The van der Waals surface area contributed by atoms with Crippen molar-refractivity contribution in [1.29, 1.82) is 10.5 Å². The Hall–Kier alpha value is -1.98. The first kappa shape index (κ1) is 20.1. The zero-order chi connectivity index (χ0) is 18.4. The minimum Gasteiger partial charge on any atom is -0.391 e. The molecular formula is C14H17N3O5S2. The van der Waals surface area contributed by atoms with E-state index in [-0.39, 0.29) is 21.8 Å². The lowest BCUT2D eigenvalue weighted by molar-refractivity contribution is 0.201. The van der Waals surface area contributed by atoms with Crippen molar-refractivity contribution in [3.63, 3.8) is 0 Å². The molecule has 0 aromatic heterocycles. The summed E-state index contributed by atoms with van der Waals surface area (Å²) in [5.41, 5.74) is -0.0407. The van der Waals surface area contributed by atoms with Crippen LogP contribution in [0.3, 0.4) is 0 Å². The van der Waals surface area contributed by atoms with Crippen molar-refractivity contribution in [2.75, 3.05) is 18.1 Å². The van der Waals surface area contributed by atoms with E-state index in [2.05, 4.69) is 4.72 Å². The van der Waals surface area contributed by atoms with Crippen LogP contribution in [0.2, 0.25) is 0 Å². The van der Waals surface area contributed by atoms with E-state index < -0.39 is 38.3 Å². The second-order valence-corrected chi connectivity index (χ2v) is 8.99. The molecule has 0 radical (unpaired) electrons. The van der Waals surface area contributed by atoms with Gasteiger partial charge in [-0.15, -0.1) is 0 Å². The first-order chi connectivity index (χ1) is 11.1. The summed E-state index contributed by atoms with van der Waals surface area (Å²) in [5, 5.41) is 27.5. The number of hydrogen-bond acceptors (Lipinski definition) is 7. The van der Waals surface area contributed by atoms with Crippen LogP contribution < -0.4 is 4.72 Å². The molecule has 0 saturated carbocycles. The fourth-order valence-corrected chi connectivity index (χ4v) is 4.40. The second-order valence-electron chi connectivity index (χ2n) is 5.03. The van der Waals surface area contributed by atoms with Gasteiger partial charge >= 0.3 is 0 Å². The second kappa shape index (κ2) is 8.22. The molecule has 0 fully saturated rings. The maximum absolute atomic E-state index is 12.2. The number of sulfonamides is 1. The van der Waals surface area contributed by atoms with Crippen molar-refractivity contribution in [2.45, 2.75) is 24.3 Å². The number of aliphatic hydroxyl groups is 1. The summed E-state index contributed by atoms with van der Waals surface area (Å²) < 4.78 is 49.6. The van der Waals surface area contributed by atoms with Crippen LogP contribution in [0.25, 0.3) is 0 Å². The molecule has 0 bridgehead atoms. The molecule has 2 N–H and O–H groups in total. The Kier molecular flexibility index (Phi) is 6.87. The molecule has 0 aliphatic heterocycles. The molecule has 0 aliphatic rings. The Morgan fingerprint density at radius 1 is 1.17 bits per heavy atom. The standard InChI is InChI=1S/C14H17N3O5S2/c1-2-5-24(21,22)17-9-13(18)10-23(19,20)14-4-3-11(7-15)12(6-14)8-16/h3-4,6,13,17-18H,2,5,9-10H2,1H3. The smallest absolute Gasteiger partial charge is 0.211 e. The Labute approximate surface area is 141 Å². The molecule has 1 atom stereocenters. The van der Waals surface area contributed by atoms with Gasteiger partial charge in [-0.25, -0.2) is 21.6 Å². The molecule has 0 heterocycles. The SMILES string of the molecule is CCCS(=O)(=O)NCC(O)CS(=O)(=O)c1ccc(C#N)c(C#N)c1. The molecular weight excluding hydrogens is 354 g/mol. The van der Waals surface area contributed by atoms with Crippen molar-refractivity contribution in [2.24, 2.45) is 0 Å². The molecule has 1 rings (SSSR count). The Morgan fingerprint density at radius 2 is 1.79 bits per heavy atom. The van der Waals surface area contributed by atoms with Gasteiger partial charge in [-0.3, -0.25) is 0 Å². The molecule has 0 aliphatic carbocycles. The molecule has 0 amide bonds. The van der Waals surface area contributed by atoms with Gasteiger partial charge in [0.25, 0.3) is 0 Å². The van der Waals surface area contributed by atoms with Gasteiger partial charge in [0.2, 0.25) is 10.0 Å². The minimum atomic E-state index is -3.94. The van der Waals surface area contributed by atoms with E-state index in [1.807, 2.05) is 0 Å². The maximum atomic E-state index is 12.2. The maximum Gasteiger partial charge on any atom is 0.211 e. The Bertz CT molecular complexity index is 880. The van der Waals surface area contributed by atoms with Crippen molar-refractivity contribution in [1.82, 2.24) is 4.72 Å². The van der Waals surface area contributed by atoms with Gasteiger partial charge in [0.1, 0.15) is 12.1 Å². The van der Waals surface area contributed by atoms with Gasteiger partial charge < -0.3 is 5.11 Å². The lowest BCUT2D eigenvalue weighted by atomic mass is 10.1. The quantitative estimate of drug-likeness (QED) is 0.648. The normalized spacial score (nSPS) is 13.0. The summed E-state index contributed by atoms with van der Waals surface area (Å²) in [6, 6.07) is 6.94. The average Bonchev–Trinajstić information content (AvgIpc) is 2.52. The largest absolute Gasteiger partial charge is 0.391 e. The molecule has 0 spiro atoms. The molecule has 1 aromatic carbocycles. The highest BCUT2D eigenvalue weighted by atomic mass is 32.2. The number of nitrogens with one attached hydrogen (secondary N) is 1. The fraction of sp³-hybridized carbons (Fsp3) is 0.429. The summed E-state index contributed by atoms with van der Waals surface area (Å²) in [4.78, 5) is -0.214. The third kappa shape index (κ3) is 5.58. The van der Waals surface area contributed by atoms with Crippen LogP contribution >= 0.6 is 0 Å². The van der Waals surface area contributed by atoms with Crippen LogP contribution in [-0.2, 0) is 19.9 Å². The molecule has 10 heteroatoms. The van der Waals surface area contributed by atoms with E-state index in [9.17, 15) is 21.9 Å². The van der Waals surface area contributed by atoms with Crippen LogP contribution in [0.4, 0.5) is 0 Å². The van der Waals surface area contributed by atoms with Crippen molar-refractivity contribution < 1.29 is 21.9 Å². The highest BCUT2D eigenvalue weighted by molar-refractivity contribution is 7.91. The monoisotopic (exact) mass is 371 g/mol. The molecule has 130 valence electrons. The first-order valence-corrected chi connectivity index (χ1v) is 10.3. The third-order valence-corrected chi connectivity index (χ3v) is 6.36.